The Kier molecular flexibility index (Phi) is 15.0. The van der Waals surface area contributed by atoms with Gasteiger partial charge in [0.1, 0.15) is 0 Å². The highest BCUT2D eigenvalue weighted by atomic mass is 127. The average molecular weight is 517 g/mol. The van der Waals surface area contributed by atoms with E-state index >= 15 is 0 Å². The fourth-order valence-corrected chi connectivity index (χ4v) is 3.35. The number of carbonyl (C=O) groups is 1. The van der Waals surface area contributed by atoms with Gasteiger partial charge in [0, 0.05) is 45.7 Å². The van der Waals surface area contributed by atoms with E-state index in [9.17, 15) is 13.2 Å². The molecule has 0 aromatic carbocycles. The maximum Gasteiger partial charge on any atom is 0.222 e. The highest BCUT2D eigenvalue weighted by Gasteiger charge is 2.15. The molecule has 0 aromatic rings. The molecule has 1 saturated heterocycles. The zero-order valence-corrected chi connectivity index (χ0v) is 19.8. The summed E-state index contributed by atoms with van der Waals surface area (Å²) in [4.78, 5) is 18.4. The van der Waals surface area contributed by atoms with Crippen LogP contribution in [0.25, 0.3) is 0 Å². The number of rotatable bonds is 11. The Morgan fingerprint density at radius 1 is 1.11 bits per heavy atom. The third-order valence-electron chi connectivity index (χ3n) is 4.22. The Labute approximate surface area is 181 Å². The minimum atomic E-state index is -3.12. The molecule has 0 radical (unpaired) electrons. The van der Waals surface area contributed by atoms with Crippen molar-refractivity contribution in [1.82, 2.24) is 20.3 Å². The predicted molar refractivity (Wildman–Crippen MR) is 121 cm³/mol. The van der Waals surface area contributed by atoms with Crippen LogP contribution in [0, 0.1) is 0 Å². The fraction of sp³-hybridized carbons (Fsp3) is 0.882. The van der Waals surface area contributed by atoms with E-state index in [0.717, 1.165) is 51.3 Å². The lowest BCUT2D eigenvalue weighted by molar-refractivity contribution is -0.130. The molecule has 1 amide bonds. The van der Waals surface area contributed by atoms with Crippen molar-refractivity contribution in [2.75, 3.05) is 45.0 Å². The smallest absolute Gasteiger partial charge is 0.222 e. The van der Waals surface area contributed by atoms with Crippen molar-refractivity contribution in [3.05, 3.63) is 0 Å². The molecular weight excluding hydrogens is 481 g/mol. The maximum atomic E-state index is 12.0. The topological polar surface area (TPSA) is 103 Å². The Morgan fingerprint density at radius 2 is 1.89 bits per heavy atom. The van der Waals surface area contributed by atoms with E-state index in [1.54, 1.807) is 6.92 Å². The number of aliphatic imine (C=N–C) groups is 1. The number of sulfonamides is 1. The lowest BCUT2D eigenvalue weighted by Gasteiger charge is -2.20. The summed E-state index contributed by atoms with van der Waals surface area (Å²) < 4.78 is 25.3. The molecule has 10 heteroatoms. The molecule has 0 atom stereocenters. The summed E-state index contributed by atoms with van der Waals surface area (Å²) in [6, 6.07) is 0. The summed E-state index contributed by atoms with van der Waals surface area (Å²) in [6.45, 7) is 7.73. The fourth-order valence-electron chi connectivity index (χ4n) is 2.69. The summed E-state index contributed by atoms with van der Waals surface area (Å²) in [5.41, 5.74) is 0. The van der Waals surface area contributed by atoms with Gasteiger partial charge in [-0.3, -0.25) is 9.79 Å². The number of guanidine groups is 1. The molecule has 0 saturated carbocycles. The van der Waals surface area contributed by atoms with Crippen LogP contribution in [0.5, 0.6) is 0 Å². The molecular formula is C17H36IN5O3S. The van der Waals surface area contributed by atoms with Crippen LogP contribution in [-0.4, -0.2) is 70.2 Å². The van der Waals surface area contributed by atoms with E-state index < -0.39 is 10.0 Å². The van der Waals surface area contributed by atoms with Crippen molar-refractivity contribution in [3.63, 3.8) is 0 Å². The van der Waals surface area contributed by atoms with E-state index in [1.165, 1.54) is 0 Å². The van der Waals surface area contributed by atoms with E-state index in [4.69, 9.17) is 0 Å². The summed E-state index contributed by atoms with van der Waals surface area (Å²) in [7, 11) is -3.12. The lowest BCUT2D eigenvalue weighted by atomic mass is 10.2. The van der Waals surface area contributed by atoms with Gasteiger partial charge in [0.15, 0.2) is 5.96 Å². The number of nitrogens with one attached hydrogen (secondary N) is 3. The second-order valence-electron chi connectivity index (χ2n) is 6.38. The van der Waals surface area contributed by atoms with Gasteiger partial charge in [0.25, 0.3) is 0 Å². The number of amides is 1. The molecule has 8 nitrogen and oxygen atoms in total. The van der Waals surface area contributed by atoms with Crippen LogP contribution in [0.2, 0.25) is 0 Å². The Balaban J connectivity index is 0.00000676. The third kappa shape index (κ3) is 12.5. The van der Waals surface area contributed by atoms with Crippen LogP contribution in [-0.2, 0) is 14.8 Å². The largest absolute Gasteiger partial charge is 0.357 e. The van der Waals surface area contributed by atoms with Gasteiger partial charge in [-0.1, -0.05) is 6.42 Å². The van der Waals surface area contributed by atoms with Gasteiger partial charge in [-0.25, -0.2) is 13.1 Å². The normalized spacial score (nSPS) is 15.9. The molecule has 1 heterocycles. The van der Waals surface area contributed by atoms with Crippen LogP contribution in [0.15, 0.2) is 4.99 Å². The molecule has 27 heavy (non-hydrogen) atoms. The molecule has 1 aliphatic rings. The van der Waals surface area contributed by atoms with Gasteiger partial charge in [0.05, 0.1) is 5.75 Å². The van der Waals surface area contributed by atoms with E-state index in [2.05, 4.69) is 20.3 Å². The first-order valence-electron chi connectivity index (χ1n) is 9.75. The number of hydrogen-bond donors (Lipinski definition) is 3. The minimum absolute atomic E-state index is 0. The Hall–Kier alpha value is -0.620. The highest BCUT2D eigenvalue weighted by Crippen LogP contribution is 2.11. The number of halogens is 1. The molecule has 1 rings (SSSR count). The molecule has 1 fully saturated rings. The average Bonchev–Trinajstić information content (AvgIpc) is 2.82. The molecule has 160 valence electrons. The minimum Gasteiger partial charge on any atom is -0.357 e. The summed E-state index contributed by atoms with van der Waals surface area (Å²) in [5.74, 6) is 1.10. The summed E-state index contributed by atoms with van der Waals surface area (Å²) in [6.07, 6.45) is 5.46. The monoisotopic (exact) mass is 517 g/mol. The second-order valence-corrected chi connectivity index (χ2v) is 8.48. The second kappa shape index (κ2) is 15.3. The van der Waals surface area contributed by atoms with Crippen LogP contribution in [0.1, 0.15) is 52.4 Å². The maximum absolute atomic E-state index is 12.0. The highest BCUT2D eigenvalue weighted by molar-refractivity contribution is 14.0. The zero-order chi connectivity index (χ0) is 19.3. The first kappa shape index (κ1) is 26.4. The van der Waals surface area contributed by atoms with Gasteiger partial charge >= 0.3 is 0 Å². The quantitative estimate of drug-likeness (QED) is 0.166. The van der Waals surface area contributed by atoms with Crippen molar-refractivity contribution < 1.29 is 13.2 Å². The first-order chi connectivity index (χ1) is 12.5. The number of carbonyl (C=O) groups excluding carboxylic acids is 1. The SMILES string of the molecule is CCNC(=NCCCN1CCCCCC1=O)NCCCNS(=O)(=O)CC.I. The van der Waals surface area contributed by atoms with Crippen LogP contribution in [0.4, 0.5) is 0 Å². The van der Waals surface area contributed by atoms with E-state index in [1.807, 2.05) is 11.8 Å². The van der Waals surface area contributed by atoms with Gasteiger partial charge in [0.2, 0.25) is 15.9 Å². The number of nitrogens with zero attached hydrogens (tertiary/aromatic N) is 2. The molecule has 1 aliphatic heterocycles. The van der Waals surface area contributed by atoms with E-state index in [0.29, 0.717) is 32.5 Å². The molecule has 3 N–H and O–H groups in total. The first-order valence-corrected chi connectivity index (χ1v) is 11.4. The van der Waals surface area contributed by atoms with Crippen molar-refractivity contribution in [3.8, 4) is 0 Å². The molecule has 0 aromatic heterocycles. The van der Waals surface area contributed by atoms with E-state index in [-0.39, 0.29) is 35.6 Å². The Morgan fingerprint density at radius 3 is 2.59 bits per heavy atom. The van der Waals surface area contributed by atoms with Gasteiger partial charge in [-0.15, -0.1) is 24.0 Å². The molecule has 0 bridgehead atoms. The molecule has 0 aliphatic carbocycles. The standard InChI is InChI=1S/C17H35N5O3S.HI/c1-3-18-17(19-11-8-13-21-26(24,25)4-2)20-12-9-15-22-14-7-5-6-10-16(22)23;/h21H,3-15H2,1-2H3,(H2,18,19,20);1H. The van der Waals surface area contributed by atoms with Crippen molar-refractivity contribution >= 4 is 45.9 Å². The number of hydrogen-bond acceptors (Lipinski definition) is 4. The third-order valence-corrected chi connectivity index (χ3v) is 5.62. The number of likely N-dealkylation sites (tertiary alicyclic amines) is 1. The summed E-state index contributed by atoms with van der Waals surface area (Å²) in [5, 5.41) is 6.38. The van der Waals surface area contributed by atoms with Gasteiger partial charge in [-0.2, -0.15) is 0 Å². The van der Waals surface area contributed by atoms with Gasteiger partial charge < -0.3 is 15.5 Å². The predicted octanol–water partition coefficient (Wildman–Crippen LogP) is 1.28. The van der Waals surface area contributed by atoms with Crippen LogP contribution >= 0.6 is 24.0 Å². The zero-order valence-electron chi connectivity index (χ0n) is 16.6. The summed E-state index contributed by atoms with van der Waals surface area (Å²) >= 11 is 0. The molecule has 0 spiro atoms. The van der Waals surface area contributed by atoms with Crippen molar-refractivity contribution in [2.45, 2.75) is 52.4 Å². The lowest BCUT2D eigenvalue weighted by Crippen LogP contribution is -2.39. The van der Waals surface area contributed by atoms with Crippen molar-refractivity contribution in [2.24, 2.45) is 4.99 Å². The Bertz CT molecular complexity index is 543. The van der Waals surface area contributed by atoms with Crippen LogP contribution in [0.3, 0.4) is 0 Å². The van der Waals surface area contributed by atoms with Gasteiger partial charge in [-0.05, 0) is 39.5 Å². The van der Waals surface area contributed by atoms with Crippen molar-refractivity contribution in [1.29, 1.82) is 0 Å². The molecule has 0 unspecified atom stereocenters. The van der Waals surface area contributed by atoms with Crippen LogP contribution < -0.4 is 15.4 Å².